The van der Waals surface area contributed by atoms with Gasteiger partial charge in [0.05, 0.1) is 44.3 Å². The third kappa shape index (κ3) is 5.12. The zero-order chi connectivity index (χ0) is 23.5. The lowest BCUT2D eigenvalue weighted by Crippen LogP contribution is -2.46. The molecule has 0 saturated heterocycles. The van der Waals surface area contributed by atoms with Crippen molar-refractivity contribution in [3.8, 4) is 17.2 Å². The van der Waals surface area contributed by atoms with E-state index in [-0.39, 0.29) is 11.3 Å². The lowest BCUT2D eigenvalue weighted by molar-refractivity contribution is -0.129. The van der Waals surface area contributed by atoms with Crippen LogP contribution in [-0.2, 0) is 19.4 Å². The Labute approximate surface area is 190 Å². The molecule has 1 heterocycles. The van der Waals surface area contributed by atoms with Gasteiger partial charge in [0.25, 0.3) is 0 Å². The van der Waals surface area contributed by atoms with Gasteiger partial charge in [-0.25, -0.2) is 13.4 Å². The second-order valence-corrected chi connectivity index (χ2v) is 10.8. The van der Waals surface area contributed by atoms with Gasteiger partial charge in [0.15, 0.2) is 9.84 Å². The normalized spacial score (nSPS) is 12.8. The minimum Gasteiger partial charge on any atom is -0.370 e. The summed E-state index contributed by atoms with van der Waals surface area (Å²) >= 11 is 1.46. The average molecular weight is 471 g/mol. The van der Waals surface area contributed by atoms with Gasteiger partial charge in [-0.05, 0) is 23.8 Å². The SMILES string of the molecule is CC(C)(CS(=O)(=O)c1ccccc1-c1ccc2ncsc2c1)C(=O)N[C@H](C#N)CC(N)=O. The van der Waals surface area contributed by atoms with Crippen LogP contribution in [0.3, 0.4) is 0 Å². The molecule has 0 aliphatic rings. The van der Waals surface area contributed by atoms with Crippen molar-refractivity contribution in [1.82, 2.24) is 10.3 Å². The summed E-state index contributed by atoms with van der Waals surface area (Å²) in [7, 11) is -3.89. The van der Waals surface area contributed by atoms with E-state index in [4.69, 9.17) is 11.0 Å². The van der Waals surface area contributed by atoms with Crippen LogP contribution >= 0.6 is 11.3 Å². The van der Waals surface area contributed by atoms with Crippen molar-refractivity contribution in [1.29, 1.82) is 5.26 Å². The van der Waals surface area contributed by atoms with Gasteiger partial charge in [-0.15, -0.1) is 11.3 Å². The zero-order valence-corrected chi connectivity index (χ0v) is 19.2. The molecule has 32 heavy (non-hydrogen) atoms. The Bertz CT molecular complexity index is 1320. The van der Waals surface area contributed by atoms with Crippen LogP contribution < -0.4 is 11.1 Å². The number of rotatable bonds is 8. The molecule has 0 saturated carbocycles. The predicted molar refractivity (Wildman–Crippen MR) is 122 cm³/mol. The summed E-state index contributed by atoms with van der Waals surface area (Å²) in [5.41, 5.74) is 7.55. The fourth-order valence-corrected chi connectivity index (χ4v) is 6.06. The molecule has 0 aliphatic carbocycles. The quantitative estimate of drug-likeness (QED) is 0.518. The third-order valence-electron chi connectivity index (χ3n) is 4.90. The topological polar surface area (TPSA) is 143 Å². The number of hydrogen-bond acceptors (Lipinski definition) is 7. The van der Waals surface area contributed by atoms with E-state index in [1.807, 2.05) is 18.2 Å². The molecular formula is C22H22N4O4S2. The fraction of sp³-hybridized carbons (Fsp3) is 0.273. The second-order valence-electron chi connectivity index (χ2n) is 8.00. The van der Waals surface area contributed by atoms with Crippen molar-refractivity contribution in [2.24, 2.45) is 11.1 Å². The van der Waals surface area contributed by atoms with Gasteiger partial charge in [0.2, 0.25) is 11.8 Å². The maximum Gasteiger partial charge on any atom is 0.227 e. The molecule has 3 aromatic rings. The minimum atomic E-state index is -3.89. The van der Waals surface area contributed by atoms with Crippen molar-refractivity contribution in [2.45, 2.75) is 31.2 Å². The molecule has 3 N–H and O–H groups in total. The lowest BCUT2D eigenvalue weighted by Gasteiger charge is -2.25. The smallest absolute Gasteiger partial charge is 0.227 e. The molecule has 8 nitrogen and oxygen atoms in total. The van der Waals surface area contributed by atoms with Gasteiger partial charge in [0.1, 0.15) is 6.04 Å². The maximum absolute atomic E-state index is 13.4. The number of nitriles is 1. The van der Waals surface area contributed by atoms with E-state index in [0.29, 0.717) is 5.56 Å². The summed E-state index contributed by atoms with van der Waals surface area (Å²) in [6.45, 7) is 2.95. The van der Waals surface area contributed by atoms with Crippen LogP contribution in [0.4, 0.5) is 0 Å². The lowest BCUT2D eigenvalue weighted by atomic mass is 9.94. The first-order valence-corrected chi connectivity index (χ1v) is 12.2. The molecule has 0 spiro atoms. The van der Waals surface area contributed by atoms with E-state index >= 15 is 0 Å². The van der Waals surface area contributed by atoms with E-state index in [9.17, 15) is 18.0 Å². The second kappa shape index (κ2) is 9.06. The molecule has 10 heteroatoms. The van der Waals surface area contributed by atoms with Crippen molar-refractivity contribution >= 4 is 43.2 Å². The number of nitrogens with one attached hydrogen (secondary N) is 1. The Kier molecular flexibility index (Phi) is 6.62. The summed E-state index contributed by atoms with van der Waals surface area (Å²) < 4.78 is 27.7. The highest BCUT2D eigenvalue weighted by atomic mass is 32.2. The van der Waals surface area contributed by atoms with Crippen LogP contribution in [0.15, 0.2) is 52.9 Å². The molecule has 1 atom stereocenters. The Balaban J connectivity index is 1.90. The van der Waals surface area contributed by atoms with Gasteiger partial charge in [-0.3, -0.25) is 9.59 Å². The number of fused-ring (bicyclic) bond motifs is 1. The van der Waals surface area contributed by atoms with E-state index in [1.165, 1.54) is 31.3 Å². The molecular weight excluding hydrogens is 448 g/mol. The first-order chi connectivity index (χ1) is 15.0. The maximum atomic E-state index is 13.4. The number of primary amides is 1. The Morgan fingerprint density at radius 1 is 1.25 bits per heavy atom. The van der Waals surface area contributed by atoms with E-state index in [0.717, 1.165) is 15.8 Å². The molecule has 0 bridgehead atoms. The number of carbonyl (C=O) groups is 2. The largest absolute Gasteiger partial charge is 0.370 e. The molecule has 0 aliphatic heterocycles. The minimum absolute atomic E-state index is 0.110. The number of hydrogen-bond donors (Lipinski definition) is 2. The van der Waals surface area contributed by atoms with Crippen molar-refractivity contribution < 1.29 is 18.0 Å². The summed E-state index contributed by atoms with van der Waals surface area (Å²) in [6.07, 6.45) is -0.353. The van der Waals surface area contributed by atoms with Crippen LogP contribution in [0.25, 0.3) is 21.3 Å². The standard InChI is InChI=1S/C22H22N4O4S2/c1-22(2,21(28)26-15(11-23)10-20(24)27)12-32(29,30)19-6-4-3-5-16(19)14-7-8-17-18(9-14)31-13-25-17/h3-9,13,15H,10,12H2,1-2H3,(H2,24,27)(H,26,28)/t15-/m0/s1. The number of benzene rings is 2. The molecule has 166 valence electrons. The summed E-state index contributed by atoms with van der Waals surface area (Å²) in [6, 6.07) is 12.8. The Hall–Kier alpha value is -3.29. The molecule has 2 amide bonds. The van der Waals surface area contributed by atoms with Crippen LogP contribution in [0.2, 0.25) is 0 Å². The number of aromatic nitrogens is 1. The third-order valence-corrected chi connectivity index (χ3v) is 7.82. The number of nitrogens with zero attached hydrogens (tertiary/aromatic N) is 2. The van der Waals surface area contributed by atoms with Crippen LogP contribution in [0.5, 0.6) is 0 Å². The first kappa shape index (κ1) is 23.4. The highest BCUT2D eigenvalue weighted by Gasteiger charge is 2.36. The monoisotopic (exact) mass is 470 g/mol. The highest BCUT2D eigenvalue weighted by molar-refractivity contribution is 7.91. The molecule has 2 aromatic carbocycles. The molecule has 0 radical (unpaired) electrons. The van der Waals surface area contributed by atoms with Crippen molar-refractivity contribution in [3.05, 3.63) is 48.0 Å². The summed E-state index contributed by atoms with van der Waals surface area (Å²) in [4.78, 5) is 28.1. The van der Waals surface area contributed by atoms with Crippen molar-refractivity contribution in [3.63, 3.8) is 0 Å². The average Bonchev–Trinajstić information content (AvgIpc) is 3.20. The van der Waals surface area contributed by atoms with Crippen LogP contribution in [0, 0.1) is 16.7 Å². The van der Waals surface area contributed by atoms with Crippen LogP contribution in [-0.4, -0.2) is 37.0 Å². The van der Waals surface area contributed by atoms with Gasteiger partial charge >= 0.3 is 0 Å². The van der Waals surface area contributed by atoms with Gasteiger partial charge < -0.3 is 11.1 Å². The molecule has 3 rings (SSSR count). The van der Waals surface area contributed by atoms with E-state index < -0.39 is 38.9 Å². The van der Waals surface area contributed by atoms with Gasteiger partial charge in [-0.2, -0.15) is 5.26 Å². The number of amides is 2. The van der Waals surface area contributed by atoms with E-state index in [2.05, 4.69) is 10.3 Å². The summed E-state index contributed by atoms with van der Waals surface area (Å²) in [5.74, 6) is -1.88. The van der Waals surface area contributed by atoms with Gasteiger partial charge in [-0.1, -0.05) is 38.1 Å². The first-order valence-electron chi connectivity index (χ1n) is 9.68. The highest BCUT2D eigenvalue weighted by Crippen LogP contribution is 2.33. The summed E-state index contributed by atoms with van der Waals surface area (Å²) in [5, 5.41) is 11.5. The van der Waals surface area contributed by atoms with E-state index in [1.54, 1.807) is 29.8 Å². The number of sulfone groups is 1. The van der Waals surface area contributed by atoms with Crippen LogP contribution in [0.1, 0.15) is 20.3 Å². The molecule has 0 unspecified atom stereocenters. The molecule has 1 aromatic heterocycles. The fourth-order valence-electron chi connectivity index (χ4n) is 3.30. The Morgan fingerprint density at radius 2 is 1.97 bits per heavy atom. The van der Waals surface area contributed by atoms with Gasteiger partial charge in [0, 0.05) is 5.56 Å². The molecule has 0 fully saturated rings. The van der Waals surface area contributed by atoms with Crippen molar-refractivity contribution in [2.75, 3.05) is 5.75 Å². The Morgan fingerprint density at radius 3 is 2.66 bits per heavy atom. The zero-order valence-electron chi connectivity index (χ0n) is 17.5. The predicted octanol–water partition coefficient (Wildman–Crippen LogP) is 2.65. The number of nitrogens with two attached hydrogens (primary N) is 1. The number of carbonyl (C=O) groups excluding carboxylic acids is 2. The number of thiazole rings is 1.